The molecule has 0 bridgehead atoms. The molecule has 0 unspecified atom stereocenters. The predicted molar refractivity (Wildman–Crippen MR) is 98.0 cm³/mol. The monoisotopic (exact) mass is 325 g/mol. The van der Waals surface area contributed by atoms with Crippen molar-refractivity contribution in [2.75, 3.05) is 0 Å². The van der Waals surface area contributed by atoms with Crippen molar-refractivity contribution in [1.82, 2.24) is 4.98 Å². The average Bonchev–Trinajstić information content (AvgIpc) is 3.15. The third kappa shape index (κ3) is 2.66. The van der Waals surface area contributed by atoms with Crippen LogP contribution in [-0.4, -0.2) is 16.6 Å². The third-order valence-electron chi connectivity index (χ3n) is 4.30. The van der Waals surface area contributed by atoms with Crippen molar-refractivity contribution in [2.45, 2.75) is 0 Å². The van der Waals surface area contributed by atoms with E-state index in [0.717, 1.165) is 0 Å². The Kier molecular flexibility index (Phi) is 3.75. The molecule has 0 radical (unpaired) electrons. The van der Waals surface area contributed by atoms with Crippen LogP contribution in [0.3, 0.4) is 0 Å². The fourth-order valence-corrected chi connectivity index (χ4v) is 3.04. The van der Waals surface area contributed by atoms with Crippen molar-refractivity contribution in [3.63, 3.8) is 0 Å². The van der Waals surface area contributed by atoms with Gasteiger partial charge in [0.25, 0.3) is 0 Å². The molecule has 1 aliphatic rings. The molecule has 0 aliphatic heterocycles. The summed E-state index contributed by atoms with van der Waals surface area (Å²) < 4.78 is 0. The smallest absolute Gasteiger partial charge is 0.194 e. The summed E-state index contributed by atoms with van der Waals surface area (Å²) in [5.74, 6) is -0.128. The lowest BCUT2D eigenvalue weighted by atomic mass is 9.84. The van der Waals surface area contributed by atoms with E-state index < -0.39 is 0 Å². The zero-order valence-electron chi connectivity index (χ0n) is 13.4. The number of H-pyrrole nitrogens is 1. The van der Waals surface area contributed by atoms with Crippen LogP contribution >= 0.6 is 0 Å². The number of hydrogen-bond acceptors (Lipinski definition) is 2. The highest BCUT2D eigenvalue weighted by Crippen LogP contribution is 2.26. The molecule has 0 atom stereocenters. The van der Waals surface area contributed by atoms with Crippen LogP contribution in [-0.2, 0) is 0 Å². The van der Waals surface area contributed by atoms with E-state index in [2.05, 4.69) is 23.2 Å². The second-order valence-corrected chi connectivity index (χ2v) is 5.81. The minimum absolute atomic E-state index is 0.0641. The molecule has 0 saturated heterocycles. The van der Waals surface area contributed by atoms with Gasteiger partial charge in [-0.25, -0.2) is 0 Å². The van der Waals surface area contributed by atoms with Gasteiger partial charge < -0.3 is 4.98 Å². The zero-order chi connectivity index (χ0) is 17.2. The maximum Gasteiger partial charge on any atom is 0.194 e. The number of para-hydroxylation sites is 1. The van der Waals surface area contributed by atoms with Gasteiger partial charge in [0.1, 0.15) is 0 Å². The average molecular weight is 325 g/mol. The summed E-state index contributed by atoms with van der Waals surface area (Å²) in [5.41, 5.74) is 3.23. The second-order valence-electron chi connectivity index (χ2n) is 5.81. The summed E-state index contributed by atoms with van der Waals surface area (Å²) in [7, 11) is 0. The van der Waals surface area contributed by atoms with E-state index in [9.17, 15) is 9.59 Å². The molecule has 120 valence electrons. The molecule has 4 aromatic rings. The van der Waals surface area contributed by atoms with Crippen molar-refractivity contribution < 1.29 is 9.59 Å². The Morgan fingerprint density at radius 2 is 0.960 bits per heavy atom. The Labute approximate surface area is 144 Å². The molecule has 0 saturated carbocycles. The number of hydrogen-bond donors (Lipinski definition) is 1. The lowest BCUT2D eigenvalue weighted by Gasteiger charge is -2.16. The van der Waals surface area contributed by atoms with Crippen LogP contribution in [0.15, 0.2) is 85.1 Å². The number of carbonyl (C=O) groups excluding carboxylic acids is 2. The van der Waals surface area contributed by atoms with Crippen LogP contribution in [0.25, 0.3) is 10.9 Å². The van der Waals surface area contributed by atoms with Gasteiger partial charge in [-0.1, -0.05) is 66.7 Å². The van der Waals surface area contributed by atoms with Crippen molar-refractivity contribution >= 4 is 22.5 Å². The van der Waals surface area contributed by atoms with E-state index >= 15 is 0 Å². The van der Waals surface area contributed by atoms with Gasteiger partial charge in [-0.3, -0.25) is 9.59 Å². The molecule has 3 nitrogen and oxygen atoms in total. The molecule has 1 N–H and O–H groups in total. The molecular weight excluding hydrogens is 310 g/mol. The molecule has 25 heavy (non-hydrogen) atoms. The van der Waals surface area contributed by atoms with Gasteiger partial charge in [0.05, 0.1) is 0 Å². The number of nitrogens with one attached hydrogen (secondary N) is 1. The van der Waals surface area contributed by atoms with Crippen LogP contribution in [0, 0.1) is 0 Å². The molecule has 5 rings (SSSR count). The minimum atomic E-state index is -0.0641. The topological polar surface area (TPSA) is 49.9 Å². The molecular formula is C22H15NO2. The highest BCUT2D eigenvalue weighted by atomic mass is 16.1. The van der Waals surface area contributed by atoms with Crippen molar-refractivity contribution in [3.05, 3.63) is 107 Å². The number of fused-ring (bicyclic) bond motifs is 3. The van der Waals surface area contributed by atoms with E-state index in [-0.39, 0.29) is 11.6 Å². The van der Waals surface area contributed by atoms with Crippen LogP contribution in [0.4, 0.5) is 0 Å². The molecule has 1 aliphatic carbocycles. The SMILES string of the molecule is O=C1c2ccccc2C(=O)c2ccccc21.c1ccc2[nH]ccc2c1. The summed E-state index contributed by atoms with van der Waals surface area (Å²) in [6.07, 6.45) is 1.95. The van der Waals surface area contributed by atoms with Gasteiger partial charge in [-0.15, -0.1) is 0 Å². The maximum absolute atomic E-state index is 12.1. The second kappa shape index (κ2) is 6.21. The van der Waals surface area contributed by atoms with Gasteiger partial charge in [-0.2, -0.15) is 0 Å². The van der Waals surface area contributed by atoms with E-state index in [1.807, 2.05) is 18.3 Å². The predicted octanol–water partition coefficient (Wildman–Crippen LogP) is 4.63. The van der Waals surface area contributed by atoms with Gasteiger partial charge in [0.15, 0.2) is 11.6 Å². The van der Waals surface area contributed by atoms with Crippen LogP contribution in [0.5, 0.6) is 0 Å². The molecule has 0 amide bonds. The first-order chi connectivity index (χ1) is 12.3. The third-order valence-corrected chi connectivity index (χ3v) is 4.30. The Morgan fingerprint density at radius 1 is 0.520 bits per heavy atom. The fourth-order valence-electron chi connectivity index (χ4n) is 3.04. The lowest BCUT2D eigenvalue weighted by molar-refractivity contribution is 0.0979. The zero-order valence-corrected chi connectivity index (χ0v) is 13.4. The van der Waals surface area contributed by atoms with Crippen LogP contribution in [0.1, 0.15) is 31.8 Å². The summed E-state index contributed by atoms with van der Waals surface area (Å²) in [4.78, 5) is 27.3. The number of carbonyl (C=O) groups is 2. The van der Waals surface area contributed by atoms with E-state index in [1.54, 1.807) is 48.5 Å². The quantitative estimate of drug-likeness (QED) is 0.451. The molecule has 3 aromatic carbocycles. The standard InChI is InChI=1S/C14H8O2.C8H7N/c15-13-9-5-1-2-6-10(9)14(16)12-8-4-3-7-11(12)13;1-2-4-8-7(3-1)5-6-9-8/h1-8H;1-6,9H. The van der Waals surface area contributed by atoms with Gasteiger partial charge in [-0.05, 0) is 17.5 Å². The van der Waals surface area contributed by atoms with E-state index in [1.165, 1.54) is 10.9 Å². The molecule has 1 heterocycles. The Bertz CT molecular complexity index is 956. The van der Waals surface area contributed by atoms with Crippen LogP contribution < -0.4 is 0 Å². The van der Waals surface area contributed by atoms with Gasteiger partial charge in [0.2, 0.25) is 0 Å². The van der Waals surface area contributed by atoms with Crippen LogP contribution in [0.2, 0.25) is 0 Å². The van der Waals surface area contributed by atoms with Crippen molar-refractivity contribution in [2.24, 2.45) is 0 Å². The Balaban J connectivity index is 0.000000147. The molecule has 1 aromatic heterocycles. The first kappa shape index (κ1) is 15.1. The number of rotatable bonds is 0. The fraction of sp³-hybridized carbons (Fsp3) is 0. The summed E-state index contributed by atoms with van der Waals surface area (Å²) in [6, 6.07) is 24.2. The number of ketones is 2. The molecule has 3 heteroatoms. The maximum atomic E-state index is 12.1. The first-order valence-electron chi connectivity index (χ1n) is 8.05. The van der Waals surface area contributed by atoms with E-state index in [4.69, 9.17) is 0 Å². The number of aromatic amines is 1. The Hall–Kier alpha value is -3.46. The first-order valence-corrected chi connectivity index (χ1v) is 8.05. The number of aromatic nitrogens is 1. The van der Waals surface area contributed by atoms with Gasteiger partial charge in [0, 0.05) is 34.0 Å². The van der Waals surface area contributed by atoms with E-state index in [0.29, 0.717) is 22.3 Å². The largest absolute Gasteiger partial charge is 0.361 e. The highest BCUT2D eigenvalue weighted by molar-refractivity contribution is 6.28. The van der Waals surface area contributed by atoms with Crippen molar-refractivity contribution in [3.8, 4) is 0 Å². The lowest BCUT2D eigenvalue weighted by Crippen LogP contribution is -2.20. The summed E-state index contributed by atoms with van der Waals surface area (Å²) >= 11 is 0. The number of benzene rings is 3. The minimum Gasteiger partial charge on any atom is -0.361 e. The summed E-state index contributed by atoms with van der Waals surface area (Å²) in [6.45, 7) is 0. The Morgan fingerprint density at radius 3 is 1.44 bits per heavy atom. The highest BCUT2D eigenvalue weighted by Gasteiger charge is 2.28. The van der Waals surface area contributed by atoms with Gasteiger partial charge >= 0.3 is 0 Å². The molecule has 0 spiro atoms. The molecule has 0 fully saturated rings. The summed E-state index contributed by atoms with van der Waals surface area (Å²) in [5, 5.41) is 1.28. The normalized spacial score (nSPS) is 12.2. The van der Waals surface area contributed by atoms with Crippen molar-refractivity contribution in [1.29, 1.82) is 0 Å².